The van der Waals surface area contributed by atoms with Crippen molar-refractivity contribution in [2.45, 2.75) is 121 Å². The van der Waals surface area contributed by atoms with Gasteiger partial charge in [-0.3, -0.25) is 4.79 Å². The van der Waals surface area contributed by atoms with E-state index in [-0.39, 0.29) is 22.3 Å². The largest absolute Gasteiger partial charge is 0.441 e. The fraction of sp³-hybridized carbons (Fsp3) is 0.905. The summed E-state index contributed by atoms with van der Waals surface area (Å²) < 4.78 is 25.3. The van der Waals surface area contributed by atoms with Crippen molar-refractivity contribution >= 4 is 22.6 Å². The molecule has 2 fully saturated rings. The summed E-state index contributed by atoms with van der Waals surface area (Å²) >= 11 is 0. The van der Waals surface area contributed by atoms with E-state index in [9.17, 15) is 10.1 Å². The standard InChI is InChI=1S/C21H39NO5Si2/c1-14(23)25-21(13-22)12-15-16(26-28(8,9)19(2,3)4)17(18(21)24-15)27-29(10,11)20(5,6)7/h15-18H,12H2,1-11H3/t15-,16-,17-,18-,21-/m1/s1. The first-order chi connectivity index (χ1) is 12.9. The van der Waals surface area contributed by atoms with Gasteiger partial charge in [0.2, 0.25) is 5.60 Å². The average molecular weight is 442 g/mol. The third-order valence-corrected chi connectivity index (χ3v) is 16.2. The molecule has 0 radical (unpaired) electrons. The zero-order valence-electron chi connectivity index (χ0n) is 20.0. The Bertz CT molecular complexity index is 689. The van der Waals surface area contributed by atoms with Crippen molar-refractivity contribution in [1.82, 2.24) is 0 Å². The first kappa shape index (κ1) is 24.5. The van der Waals surface area contributed by atoms with Gasteiger partial charge in [0.05, 0.1) is 12.2 Å². The number of carbonyl (C=O) groups excluding carboxylic acids is 1. The van der Waals surface area contributed by atoms with Crippen molar-refractivity contribution in [3.63, 3.8) is 0 Å². The van der Waals surface area contributed by atoms with Gasteiger partial charge < -0.3 is 18.3 Å². The van der Waals surface area contributed by atoms with Crippen molar-refractivity contribution < 1.29 is 23.1 Å². The molecule has 29 heavy (non-hydrogen) atoms. The number of hydrogen-bond donors (Lipinski definition) is 0. The molecule has 0 aromatic heterocycles. The topological polar surface area (TPSA) is 77.8 Å². The van der Waals surface area contributed by atoms with Crippen molar-refractivity contribution in [1.29, 1.82) is 5.26 Å². The van der Waals surface area contributed by atoms with Crippen molar-refractivity contribution in [2.75, 3.05) is 0 Å². The predicted octanol–water partition coefficient (Wildman–Crippen LogP) is 4.76. The summed E-state index contributed by atoms with van der Waals surface area (Å²) in [6.45, 7) is 23.3. The van der Waals surface area contributed by atoms with E-state index in [0.717, 1.165) is 0 Å². The monoisotopic (exact) mass is 441 g/mol. The average Bonchev–Trinajstić information content (AvgIpc) is 3.01. The van der Waals surface area contributed by atoms with E-state index in [1.165, 1.54) is 6.92 Å². The van der Waals surface area contributed by atoms with E-state index in [1.54, 1.807) is 0 Å². The van der Waals surface area contributed by atoms with Gasteiger partial charge in [0.25, 0.3) is 0 Å². The second kappa shape index (κ2) is 7.45. The lowest BCUT2D eigenvalue weighted by Gasteiger charge is -2.47. The summed E-state index contributed by atoms with van der Waals surface area (Å²) in [6.07, 6.45) is -1.31. The molecule has 0 unspecified atom stereocenters. The Hall–Kier alpha value is -0.726. The molecule has 0 aliphatic carbocycles. The lowest BCUT2D eigenvalue weighted by Crippen LogP contribution is -2.61. The van der Waals surface area contributed by atoms with Crippen LogP contribution >= 0.6 is 0 Å². The Kier molecular flexibility index (Phi) is 6.30. The van der Waals surface area contributed by atoms with Crippen molar-refractivity contribution in [2.24, 2.45) is 0 Å². The third kappa shape index (κ3) is 4.49. The molecule has 2 bridgehead atoms. The maximum absolute atomic E-state index is 11.7. The highest BCUT2D eigenvalue weighted by Crippen LogP contribution is 2.51. The molecular weight excluding hydrogens is 402 g/mol. The summed E-state index contributed by atoms with van der Waals surface area (Å²) in [5, 5.41) is 9.96. The van der Waals surface area contributed by atoms with Crippen LogP contribution in [0.3, 0.4) is 0 Å². The van der Waals surface area contributed by atoms with Gasteiger partial charge in [0, 0.05) is 13.3 Å². The summed E-state index contributed by atoms with van der Waals surface area (Å²) in [5.41, 5.74) is -1.31. The molecule has 2 heterocycles. The molecule has 6 nitrogen and oxygen atoms in total. The Morgan fingerprint density at radius 3 is 1.83 bits per heavy atom. The van der Waals surface area contributed by atoms with Crippen molar-refractivity contribution in [3.8, 4) is 6.07 Å². The molecule has 2 aliphatic rings. The Labute approximate surface area is 178 Å². The van der Waals surface area contributed by atoms with Gasteiger partial charge in [0.1, 0.15) is 18.3 Å². The Morgan fingerprint density at radius 1 is 1.00 bits per heavy atom. The number of nitrogens with zero attached hydrogens (tertiary/aromatic N) is 1. The zero-order chi connectivity index (χ0) is 22.6. The molecule has 0 amide bonds. The number of esters is 1. The lowest BCUT2D eigenvalue weighted by atomic mass is 9.82. The molecule has 0 aromatic carbocycles. The van der Waals surface area contributed by atoms with Crippen LogP contribution in [0.5, 0.6) is 0 Å². The molecule has 2 saturated heterocycles. The van der Waals surface area contributed by atoms with Crippen LogP contribution in [0, 0.1) is 11.3 Å². The second-order valence-corrected chi connectivity index (χ2v) is 21.1. The molecule has 0 spiro atoms. The molecule has 0 saturated carbocycles. The summed E-state index contributed by atoms with van der Waals surface area (Å²) in [7, 11) is -4.27. The molecule has 0 aromatic rings. The van der Waals surface area contributed by atoms with E-state index in [0.29, 0.717) is 6.42 Å². The first-order valence-electron chi connectivity index (χ1n) is 10.5. The van der Waals surface area contributed by atoms with Gasteiger partial charge in [-0.25, -0.2) is 0 Å². The van der Waals surface area contributed by atoms with Gasteiger partial charge in [-0.2, -0.15) is 5.26 Å². The Balaban J connectivity index is 2.43. The highest BCUT2D eigenvalue weighted by atomic mass is 28.4. The summed E-state index contributed by atoms with van der Waals surface area (Å²) in [4.78, 5) is 11.7. The number of hydrogen-bond acceptors (Lipinski definition) is 6. The normalized spacial score (nSPS) is 32.9. The van der Waals surface area contributed by atoms with E-state index >= 15 is 0 Å². The van der Waals surface area contributed by atoms with Crippen molar-refractivity contribution in [3.05, 3.63) is 0 Å². The van der Waals surface area contributed by atoms with Crippen LogP contribution in [0.1, 0.15) is 54.9 Å². The maximum atomic E-state index is 11.7. The highest BCUT2D eigenvalue weighted by Gasteiger charge is 2.67. The van der Waals surface area contributed by atoms with Crippen LogP contribution in [-0.2, 0) is 23.1 Å². The van der Waals surface area contributed by atoms with E-state index in [2.05, 4.69) is 73.8 Å². The fourth-order valence-electron chi connectivity index (χ4n) is 3.48. The van der Waals surface area contributed by atoms with Gasteiger partial charge in [-0.15, -0.1) is 0 Å². The highest BCUT2D eigenvalue weighted by molar-refractivity contribution is 6.74. The number of fused-ring (bicyclic) bond motifs is 2. The van der Waals surface area contributed by atoms with Gasteiger partial charge in [-0.05, 0) is 36.3 Å². The quantitative estimate of drug-likeness (QED) is 0.452. The molecular formula is C21H39NO5Si2. The molecule has 0 N–H and O–H groups in total. The number of nitriles is 1. The second-order valence-electron chi connectivity index (χ2n) is 11.6. The lowest BCUT2D eigenvalue weighted by molar-refractivity contribution is -0.160. The van der Waals surface area contributed by atoms with Crippen LogP contribution in [-0.4, -0.2) is 52.6 Å². The first-order valence-corrected chi connectivity index (χ1v) is 16.3. The minimum Gasteiger partial charge on any atom is -0.441 e. The smallest absolute Gasteiger partial charge is 0.304 e. The van der Waals surface area contributed by atoms with Gasteiger partial charge in [0.15, 0.2) is 16.6 Å². The predicted molar refractivity (Wildman–Crippen MR) is 118 cm³/mol. The number of rotatable bonds is 5. The number of ether oxygens (including phenoxy) is 2. The molecule has 166 valence electrons. The minimum atomic E-state index is -2.18. The SMILES string of the molecule is CC(=O)O[C@@]1(C#N)C[C@H]2O[C@@H]1[C@H](O[Si](C)(C)C(C)(C)C)[C@@H]2O[Si](C)(C)C(C)(C)C. The van der Waals surface area contributed by atoms with E-state index in [4.69, 9.17) is 18.3 Å². The zero-order valence-corrected chi connectivity index (χ0v) is 22.0. The van der Waals surface area contributed by atoms with Crippen LogP contribution in [0.15, 0.2) is 0 Å². The fourth-order valence-corrected chi connectivity index (χ4v) is 6.09. The third-order valence-electron chi connectivity index (χ3n) is 7.26. The molecule has 2 aliphatic heterocycles. The van der Waals surface area contributed by atoms with Gasteiger partial charge in [-0.1, -0.05) is 41.5 Å². The maximum Gasteiger partial charge on any atom is 0.304 e. The molecule has 2 rings (SSSR count). The van der Waals surface area contributed by atoms with E-state index < -0.39 is 40.4 Å². The van der Waals surface area contributed by atoms with E-state index in [1.807, 2.05) is 0 Å². The summed E-state index contributed by atoms with van der Waals surface area (Å²) in [6, 6.07) is 2.23. The van der Waals surface area contributed by atoms with Crippen LogP contribution in [0.25, 0.3) is 0 Å². The molecule has 8 heteroatoms. The Morgan fingerprint density at radius 2 is 1.45 bits per heavy atom. The molecule has 5 atom stereocenters. The van der Waals surface area contributed by atoms with Gasteiger partial charge >= 0.3 is 5.97 Å². The van der Waals surface area contributed by atoms with Crippen LogP contribution in [0.4, 0.5) is 0 Å². The van der Waals surface area contributed by atoms with Crippen LogP contribution in [0.2, 0.25) is 36.3 Å². The van der Waals surface area contributed by atoms with Crippen LogP contribution < -0.4 is 0 Å². The number of carbonyl (C=O) groups is 1. The summed E-state index contributed by atoms with van der Waals surface area (Å²) in [5.74, 6) is -0.476. The minimum absolute atomic E-state index is 0.00685.